The van der Waals surface area contributed by atoms with Gasteiger partial charge in [-0.15, -0.1) is 0 Å². The van der Waals surface area contributed by atoms with Crippen molar-refractivity contribution in [2.24, 2.45) is 27.1 Å². The number of amides is 1. The Hall–Kier alpha value is -2.51. The third-order valence-electron chi connectivity index (χ3n) is 7.08. The van der Waals surface area contributed by atoms with Crippen LogP contribution in [0.5, 0.6) is 0 Å². The molecular weight excluding hydrogens is 496 g/mol. The van der Waals surface area contributed by atoms with Crippen LogP contribution >= 0.6 is 0 Å². The van der Waals surface area contributed by atoms with Crippen molar-refractivity contribution in [1.29, 1.82) is 0 Å². The molecule has 8 heteroatoms. The van der Waals surface area contributed by atoms with Crippen LogP contribution in [0.15, 0.2) is 11.3 Å². The van der Waals surface area contributed by atoms with Gasteiger partial charge in [0.25, 0.3) is 11.6 Å². The summed E-state index contributed by atoms with van der Waals surface area (Å²) in [5.74, 6) is -3.85. The molecule has 2 rings (SSSR count). The summed E-state index contributed by atoms with van der Waals surface area (Å²) in [5, 5.41) is 0. The number of cyclic esters (lactones) is 1. The summed E-state index contributed by atoms with van der Waals surface area (Å²) in [6.45, 7) is 28.8. The molecule has 0 saturated carbocycles. The van der Waals surface area contributed by atoms with Crippen LogP contribution in [0.25, 0.3) is 0 Å². The van der Waals surface area contributed by atoms with Crippen molar-refractivity contribution in [3.63, 3.8) is 0 Å². The Kier molecular flexibility index (Phi) is 8.01. The zero-order valence-corrected chi connectivity index (χ0v) is 27.1. The number of likely N-dealkylation sites (tertiary alicyclic amines) is 1. The van der Waals surface area contributed by atoms with Crippen molar-refractivity contribution in [2.75, 3.05) is 0 Å². The summed E-state index contributed by atoms with van der Waals surface area (Å²) < 4.78 is 13.1. The first kappa shape index (κ1) is 32.7. The third kappa shape index (κ3) is 4.97. The maximum absolute atomic E-state index is 14.7. The molecule has 8 nitrogen and oxygen atoms in total. The molecule has 1 amide bonds. The van der Waals surface area contributed by atoms with E-state index in [0.717, 1.165) is 0 Å². The fraction of sp³-hybridized carbons (Fsp3) is 0.774. The van der Waals surface area contributed by atoms with Crippen molar-refractivity contribution in [3.8, 4) is 0 Å². The predicted octanol–water partition coefficient (Wildman–Crippen LogP) is 3.96. The smallest absolute Gasteiger partial charge is 0.348 e. The highest BCUT2D eigenvalue weighted by Crippen LogP contribution is 2.60. The van der Waals surface area contributed by atoms with Crippen LogP contribution in [0, 0.1) is 27.1 Å². The first-order chi connectivity index (χ1) is 17.2. The van der Waals surface area contributed by atoms with E-state index in [1.54, 1.807) is 67.2 Å². The van der Waals surface area contributed by atoms with Crippen LogP contribution in [0.1, 0.15) is 111 Å². The number of allylic oxidation sites excluding steroid dienone is 1. The molecule has 0 aliphatic carbocycles. The monoisotopic (exact) mass is 547 g/mol. The van der Waals surface area contributed by atoms with E-state index in [-0.39, 0.29) is 23.4 Å². The molecule has 0 radical (unpaired) electrons. The SMILES string of the molecule is CC(C)[NH+]=C1N(C(C)C)C(=O)[C@]1(C(=O)C(C)(C)C)[C@]1(C(C)(C)C)OC(=O)C(C(=O)C(C)(C)C)=C(C(C)(C)C)O1. The van der Waals surface area contributed by atoms with Gasteiger partial charge in [-0.05, 0) is 27.7 Å². The predicted molar refractivity (Wildman–Crippen MR) is 150 cm³/mol. The van der Waals surface area contributed by atoms with E-state index in [0.29, 0.717) is 5.84 Å². The molecule has 220 valence electrons. The third-order valence-corrected chi connectivity index (χ3v) is 7.08. The fourth-order valence-corrected chi connectivity index (χ4v) is 5.28. The number of carbonyl (C=O) groups is 4. The van der Waals surface area contributed by atoms with Gasteiger partial charge in [-0.3, -0.25) is 14.6 Å². The zero-order chi connectivity index (χ0) is 30.9. The molecule has 1 fully saturated rings. The first-order valence-corrected chi connectivity index (χ1v) is 13.9. The van der Waals surface area contributed by atoms with Gasteiger partial charge >= 0.3 is 17.3 Å². The van der Waals surface area contributed by atoms with Gasteiger partial charge in [-0.2, -0.15) is 4.90 Å². The topological polar surface area (TPSA) is 104 Å². The molecule has 2 heterocycles. The van der Waals surface area contributed by atoms with Crippen LogP contribution in [0.3, 0.4) is 0 Å². The molecule has 2 aliphatic rings. The first-order valence-electron chi connectivity index (χ1n) is 13.9. The number of ether oxygens (including phenoxy) is 2. The number of carbonyl (C=O) groups excluding carboxylic acids is 4. The molecule has 0 aromatic rings. The summed E-state index contributed by atoms with van der Waals surface area (Å²) in [7, 11) is 0. The van der Waals surface area contributed by atoms with Crippen LogP contribution < -0.4 is 4.99 Å². The fourth-order valence-electron chi connectivity index (χ4n) is 5.28. The Balaban J connectivity index is 3.18. The second kappa shape index (κ2) is 9.55. The van der Waals surface area contributed by atoms with Gasteiger partial charge < -0.3 is 9.47 Å². The highest BCUT2D eigenvalue weighted by Gasteiger charge is 2.87. The largest absolute Gasteiger partial charge is 0.452 e. The molecule has 1 saturated heterocycles. The van der Waals surface area contributed by atoms with Crippen LogP contribution in [-0.2, 0) is 28.7 Å². The zero-order valence-electron chi connectivity index (χ0n) is 27.1. The molecule has 0 unspecified atom stereocenters. The average Bonchev–Trinajstić information content (AvgIpc) is 2.69. The lowest BCUT2D eigenvalue weighted by molar-refractivity contribution is -0.508. The summed E-state index contributed by atoms with van der Waals surface area (Å²) in [5.41, 5.74) is -6.00. The van der Waals surface area contributed by atoms with Crippen molar-refractivity contribution in [3.05, 3.63) is 11.3 Å². The average molecular weight is 548 g/mol. The van der Waals surface area contributed by atoms with E-state index in [9.17, 15) is 19.2 Å². The summed E-state index contributed by atoms with van der Waals surface area (Å²) in [4.78, 5) is 61.7. The maximum Gasteiger partial charge on any atom is 0.348 e. The Bertz CT molecular complexity index is 1130. The molecule has 0 bridgehead atoms. The number of Topliss-reactive ketones (excluding diaryl/α,β-unsaturated/α-hetero) is 2. The number of amidine groups is 1. The lowest BCUT2D eigenvalue weighted by Crippen LogP contribution is -2.96. The summed E-state index contributed by atoms with van der Waals surface area (Å²) in [6, 6.07) is -0.417. The number of hydrogen-bond acceptors (Lipinski definition) is 6. The summed E-state index contributed by atoms with van der Waals surface area (Å²) in [6.07, 6.45) is 0. The van der Waals surface area contributed by atoms with E-state index >= 15 is 0 Å². The van der Waals surface area contributed by atoms with Gasteiger partial charge in [0.15, 0.2) is 11.6 Å². The molecule has 2 aliphatic heterocycles. The number of nitrogens with zero attached hydrogens (tertiary/aromatic N) is 1. The van der Waals surface area contributed by atoms with Gasteiger partial charge in [0.1, 0.15) is 11.3 Å². The lowest BCUT2D eigenvalue weighted by atomic mass is 9.54. The molecule has 0 aromatic carbocycles. The molecular formula is C31H51N2O6+. The Morgan fingerprint density at radius 2 is 1.28 bits per heavy atom. The molecule has 0 aromatic heterocycles. The Labute approximate surface area is 235 Å². The van der Waals surface area contributed by atoms with Gasteiger partial charge in [0, 0.05) is 21.7 Å². The minimum atomic E-state index is -2.08. The molecule has 0 spiro atoms. The van der Waals surface area contributed by atoms with Crippen LogP contribution in [0.2, 0.25) is 0 Å². The second-order valence-corrected chi connectivity index (χ2v) is 15.6. The standard InChI is InChI=1S/C31H50N2O6/c1-17(2)32-24-30(23(36)28(11,12)13,25(37)33(24)18(3)4)31(29(14,15)16)38-21(27(8,9)10)19(22(35)39-31)20(34)26(5,6)7/h17-18H,1-16H3/p+1/t30-,31+/m1/s1. The van der Waals surface area contributed by atoms with Gasteiger partial charge in [0.2, 0.25) is 0 Å². The van der Waals surface area contributed by atoms with E-state index in [1.165, 1.54) is 0 Å². The van der Waals surface area contributed by atoms with Gasteiger partial charge in [-0.25, -0.2) is 9.59 Å². The molecule has 2 atom stereocenters. The molecule has 39 heavy (non-hydrogen) atoms. The van der Waals surface area contributed by atoms with E-state index in [4.69, 9.17) is 9.47 Å². The molecule has 1 N–H and O–H groups in total. The number of nitrogens with one attached hydrogen (secondary N) is 1. The summed E-state index contributed by atoms with van der Waals surface area (Å²) >= 11 is 0. The number of β-lactam (4-membered cyclic amide) rings is 1. The van der Waals surface area contributed by atoms with Crippen LogP contribution in [-0.4, -0.2) is 52.0 Å². The van der Waals surface area contributed by atoms with Gasteiger partial charge in [-0.1, -0.05) is 83.1 Å². The van der Waals surface area contributed by atoms with Crippen LogP contribution in [0.4, 0.5) is 0 Å². The van der Waals surface area contributed by atoms with E-state index < -0.39 is 56.3 Å². The highest BCUT2D eigenvalue weighted by molar-refractivity contribution is 6.37. The Morgan fingerprint density at radius 1 is 0.795 bits per heavy atom. The number of hydrogen-bond donors (Lipinski definition) is 1. The van der Waals surface area contributed by atoms with Gasteiger partial charge in [0.05, 0.1) is 12.1 Å². The quantitative estimate of drug-likeness (QED) is 0.242. The van der Waals surface area contributed by atoms with E-state index in [2.05, 4.69) is 4.99 Å². The number of ketones is 2. The minimum Gasteiger partial charge on any atom is -0.452 e. The normalized spacial score (nSPS) is 26.2. The van der Waals surface area contributed by atoms with Crippen molar-refractivity contribution >= 4 is 29.3 Å². The minimum absolute atomic E-state index is 0.120. The number of esters is 1. The van der Waals surface area contributed by atoms with Crippen molar-refractivity contribution < 1.29 is 33.6 Å². The van der Waals surface area contributed by atoms with E-state index in [1.807, 2.05) is 48.5 Å². The lowest BCUT2D eigenvalue weighted by Gasteiger charge is -2.59. The van der Waals surface area contributed by atoms with Crippen molar-refractivity contribution in [1.82, 2.24) is 4.90 Å². The second-order valence-electron chi connectivity index (χ2n) is 15.6. The maximum atomic E-state index is 14.7. The van der Waals surface area contributed by atoms with Crippen molar-refractivity contribution in [2.45, 2.75) is 129 Å². The highest BCUT2D eigenvalue weighted by atomic mass is 16.7. The number of rotatable bonds is 5. The Morgan fingerprint density at radius 3 is 1.62 bits per heavy atom.